The van der Waals surface area contributed by atoms with E-state index in [0.29, 0.717) is 6.54 Å². The summed E-state index contributed by atoms with van der Waals surface area (Å²) in [5.74, 6) is -0.180. The van der Waals surface area contributed by atoms with Gasteiger partial charge in [-0.3, -0.25) is 23.9 Å². The Morgan fingerprint density at radius 3 is 2.62 bits per heavy atom. The maximum Gasteiger partial charge on any atom is 1.00 e. The quantitative estimate of drug-likeness (QED) is 0.133. The Labute approximate surface area is 279 Å². The van der Waals surface area contributed by atoms with Gasteiger partial charge >= 0.3 is 104 Å². The van der Waals surface area contributed by atoms with Gasteiger partial charge in [0.1, 0.15) is 24.7 Å². The SMILES string of the molecule is CO[C@@H]1[C@@H](O)[C@@H](COP(=O)(O)OP(=O)(O)ON2C=NCC2)O[C@H]1n1cnc2c(=O)[nH]c(N)nc21.[H-].[H-].[H-].[Na+].[Na+].[Na+]. The average Bonchev–Trinajstić information content (AvgIpc) is 3.44. The summed E-state index contributed by atoms with van der Waals surface area (Å²) in [5.41, 5.74) is 4.99. The van der Waals surface area contributed by atoms with Crippen molar-refractivity contribution in [3.63, 3.8) is 0 Å². The van der Waals surface area contributed by atoms with E-state index >= 15 is 0 Å². The molecule has 0 spiro atoms. The molecule has 4 rings (SSSR count). The van der Waals surface area contributed by atoms with E-state index in [-0.39, 0.29) is 117 Å². The van der Waals surface area contributed by atoms with Crippen LogP contribution in [0.3, 0.4) is 0 Å². The van der Waals surface area contributed by atoms with Gasteiger partial charge in [-0.15, -0.1) is 0 Å². The molecule has 194 valence electrons. The van der Waals surface area contributed by atoms with Gasteiger partial charge in [-0.1, -0.05) is 0 Å². The number of aliphatic hydroxyl groups excluding tert-OH is 1. The Hall–Kier alpha value is 0.760. The zero-order chi connectivity index (χ0) is 24.7. The van der Waals surface area contributed by atoms with Crippen LogP contribution < -0.4 is 100.0 Å². The molecule has 2 aliphatic heterocycles. The number of aromatic nitrogens is 4. The van der Waals surface area contributed by atoms with Crippen LogP contribution in [0, 0.1) is 0 Å². The molecule has 0 amide bonds. The molecular weight excluding hydrogens is 573 g/mol. The summed E-state index contributed by atoms with van der Waals surface area (Å²) in [6.07, 6.45) is -2.47. The van der Waals surface area contributed by atoms with Crippen molar-refractivity contribution in [2.24, 2.45) is 4.99 Å². The van der Waals surface area contributed by atoms with Crippen LogP contribution in [-0.4, -0.2) is 90.9 Å². The summed E-state index contributed by atoms with van der Waals surface area (Å²) < 4.78 is 50.0. The minimum absolute atomic E-state index is 0. The van der Waals surface area contributed by atoms with Crippen molar-refractivity contribution < 1.29 is 140 Å². The summed E-state index contributed by atoms with van der Waals surface area (Å²) in [6.45, 7) is -0.310. The van der Waals surface area contributed by atoms with Gasteiger partial charge in [0.25, 0.3) is 5.56 Å². The Morgan fingerprint density at radius 1 is 1.30 bits per heavy atom. The van der Waals surface area contributed by atoms with Gasteiger partial charge in [0.05, 0.1) is 26.0 Å². The molecule has 0 radical (unpaired) electrons. The summed E-state index contributed by atoms with van der Waals surface area (Å²) >= 11 is 0. The Balaban J connectivity index is -0.00000228. The number of nitrogens with zero attached hydrogens (tertiary/aromatic N) is 5. The van der Waals surface area contributed by atoms with Crippen molar-refractivity contribution in [1.29, 1.82) is 0 Å². The van der Waals surface area contributed by atoms with E-state index in [9.17, 15) is 28.8 Å². The second-order valence-corrected chi connectivity index (χ2v) is 10.0. The molecule has 0 bridgehead atoms. The molecule has 4 heterocycles. The van der Waals surface area contributed by atoms with Crippen LogP contribution in [0.15, 0.2) is 16.1 Å². The number of fused-ring (bicyclic) bond motifs is 1. The number of hydrogen-bond acceptors (Lipinski definition) is 14. The van der Waals surface area contributed by atoms with E-state index in [1.165, 1.54) is 18.0 Å². The van der Waals surface area contributed by atoms with Crippen molar-refractivity contribution in [3.05, 3.63) is 16.7 Å². The topological polar surface area (TPSA) is 246 Å². The molecule has 2 aromatic rings. The Morgan fingerprint density at radius 2 is 2.00 bits per heavy atom. The number of nitrogens with one attached hydrogen (secondary N) is 1. The smallest absolute Gasteiger partial charge is 1.00 e. The molecule has 1 fully saturated rings. The number of H-pyrrole nitrogens is 1. The van der Waals surface area contributed by atoms with Crippen molar-refractivity contribution in [1.82, 2.24) is 24.6 Å². The van der Waals surface area contributed by atoms with Gasteiger partial charge in [0.2, 0.25) is 5.95 Å². The Kier molecular flexibility index (Phi) is 14.1. The van der Waals surface area contributed by atoms with E-state index in [0.717, 1.165) is 11.4 Å². The van der Waals surface area contributed by atoms with Gasteiger partial charge in [-0.2, -0.15) is 13.9 Å². The fourth-order valence-electron chi connectivity index (χ4n) is 3.36. The van der Waals surface area contributed by atoms with Crippen molar-refractivity contribution in [2.75, 3.05) is 32.5 Å². The standard InChI is InChI=1S/C14H21N7O11P2.3Na.3H/c1-28-10-9(22)7(4-29-33(24,25)32-34(26,27)31-20-3-2-16-5-20)30-13(10)21-6-17-8-11(21)18-14(15)19-12(8)23;;;;;;/h5-7,9-10,13,22H,2-4H2,1H3,(H,24,25)(H,26,27)(H3,15,18,19,23);;;;;;/q;3*+1;3*-1/t7-,9+,10-,13-;;;;;;/m1....../s1. The molecule has 2 unspecified atom stereocenters. The summed E-state index contributed by atoms with van der Waals surface area (Å²) in [4.78, 5) is 45.6. The van der Waals surface area contributed by atoms with Crippen LogP contribution >= 0.6 is 15.6 Å². The van der Waals surface area contributed by atoms with Crippen molar-refractivity contribution >= 4 is 39.1 Å². The fourth-order valence-corrected chi connectivity index (χ4v) is 5.43. The summed E-state index contributed by atoms with van der Waals surface area (Å²) in [5, 5.41) is 11.4. The predicted molar refractivity (Wildman–Crippen MR) is 114 cm³/mol. The number of hydrogen-bond donors (Lipinski definition) is 5. The van der Waals surface area contributed by atoms with Gasteiger partial charge in [0, 0.05) is 7.11 Å². The summed E-state index contributed by atoms with van der Waals surface area (Å²) in [6, 6.07) is 0. The second kappa shape index (κ2) is 14.6. The molecule has 18 nitrogen and oxygen atoms in total. The Bertz CT molecular complexity index is 1260. The van der Waals surface area contributed by atoms with E-state index in [2.05, 4.69) is 28.9 Å². The average molecular weight is 597 g/mol. The van der Waals surface area contributed by atoms with Gasteiger partial charge in [0.15, 0.2) is 17.4 Å². The summed E-state index contributed by atoms with van der Waals surface area (Å²) in [7, 11) is -8.91. The number of aliphatic hydroxyl groups is 1. The molecule has 1 saturated heterocycles. The van der Waals surface area contributed by atoms with Crippen LogP contribution in [0.25, 0.3) is 11.2 Å². The third-order valence-electron chi connectivity index (χ3n) is 4.79. The minimum atomic E-state index is -5.14. The zero-order valence-corrected chi connectivity index (χ0v) is 28.2. The molecule has 37 heavy (non-hydrogen) atoms. The first-order chi connectivity index (χ1) is 16.0. The second-order valence-electron chi connectivity index (χ2n) is 7.09. The molecule has 0 aromatic carbocycles. The monoisotopic (exact) mass is 597 g/mol. The maximum atomic E-state index is 12.2. The van der Waals surface area contributed by atoms with E-state index in [1.807, 2.05) is 0 Å². The first kappa shape index (κ1) is 35.8. The molecule has 6 N–H and O–H groups in total. The molecule has 23 heteroatoms. The molecular formula is C14H24N7Na3O11P2. The number of hydroxylamine groups is 2. The number of aromatic amines is 1. The third-order valence-corrected chi connectivity index (χ3v) is 7.33. The molecule has 2 aliphatic rings. The number of nitrogen functional groups attached to an aromatic ring is 1. The minimum Gasteiger partial charge on any atom is -1.00 e. The van der Waals surface area contributed by atoms with Crippen LogP contribution in [-0.2, 0) is 32.1 Å². The van der Waals surface area contributed by atoms with Crippen molar-refractivity contribution in [2.45, 2.75) is 24.5 Å². The number of phosphoric ester groups is 1. The molecule has 2 aromatic heterocycles. The van der Waals surface area contributed by atoms with Gasteiger partial charge in [-0.25, -0.2) is 19.2 Å². The maximum absolute atomic E-state index is 12.2. The van der Waals surface area contributed by atoms with E-state index < -0.39 is 52.4 Å². The number of phosphoric acid groups is 2. The van der Waals surface area contributed by atoms with E-state index in [4.69, 9.17) is 19.7 Å². The predicted octanol–water partition coefficient (Wildman–Crippen LogP) is -10.2. The molecule has 0 aliphatic carbocycles. The van der Waals surface area contributed by atoms with E-state index in [1.54, 1.807) is 0 Å². The van der Waals surface area contributed by atoms with Crippen LogP contribution in [0.1, 0.15) is 10.5 Å². The first-order valence-electron chi connectivity index (χ1n) is 9.56. The molecule has 6 atom stereocenters. The first-order valence-corrected chi connectivity index (χ1v) is 12.6. The van der Waals surface area contributed by atoms with Gasteiger partial charge < -0.3 is 34.4 Å². The number of anilines is 1. The van der Waals surface area contributed by atoms with Crippen LogP contribution in [0.4, 0.5) is 5.95 Å². The van der Waals surface area contributed by atoms with Crippen molar-refractivity contribution in [3.8, 4) is 0 Å². The number of methoxy groups -OCH3 is 1. The third kappa shape index (κ3) is 8.63. The number of nitrogens with two attached hydrogens (primary N) is 1. The number of imidazole rings is 1. The number of rotatable bonds is 9. The zero-order valence-electron chi connectivity index (χ0n) is 23.4. The van der Waals surface area contributed by atoms with Crippen LogP contribution in [0.5, 0.6) is 0 Å². The fraction of sp³-hybridized carbons (Fsp3) is 0.571. The normalized spacial score (nSPS) is 26.1. The largest absolute Gasteiger partial charge is 1.00 e. The number of aliphatic imine (C=N–C) groups is 1. The number of ether oxygens (including phenoxy) is 2. The van der Waals surface area contributed by atoms with Crippen LogP contribution in [0.2, 0.25) is 0 Å². The van der Waals surface area contributed by atoms with Gasteiger partial charge in [-0.05, 0) is 0 Å². The molecule has 0 saturated carbocycles.